The average molecular weight is 172 g/mol. The van der Waals surface area contributed by atoms with Gasteiger partial charge < -0.3 is 4.74 Å². The summed E-state index contributed by atoms with van der Waals surface area (Å²) in [5, 5.41) is 0. The Morgan fingerprint density at radius 1 is 1.58 bits per heavy atom. The predicted octanol–water partition coefficient (Wildman–Crippen LogP) is 1.21. The topological polar surface area (TPSA) is 47.3 Å². The summed E-state index contributed by atoms with van der Waals surface area (Å²) in [7, 11) is 0. The lowest BCUT2D eigenvalue weighted by molar-refractivity contribution is 0.0326. The minimum atomic E-state index is 0.187. The minimum absolute atomic E-state index is 0.187. The van der Waals surface area contributed by atoms with Gasteiger partial charge in [0.05, 0.1) is 12.1 Å². The van der Waals surface area contributed by atoms with Crippen molar-refractivity contribution in [3.05, 3.63) is 12.7 Å². The molecule has 3 heteroatoms. The summed E-state index contributed by atoms with van der Waals surface area (Å²) in [5.41, 5.74) is 2.74. The Kier molecular flexibility index (Phi) is 7.05. The van der Waals surface area contributed by atoms with Crippen molar-refractivity contribution in [1.82, 2.24) is 5.43 Å². The maximum absolute atomic E-state index is 5.51. The molecule has 0 aliphatic heterocycles. The molecule has 0 rings (SSSR count). The predicted molar refractivity (Wildman–Crippen MR) is 51.6 cm³/mol. The normalized spacial score (nSPS) is 15.6. The summed E-state index contributed by atoms with van der Waals surface area (Å²) in [6.45, 7) is 8.49. The molecular weight excluding hydrogens is 152 g/mol. The van der Waals surface area contributed by atoms with E-state index < -0.39 is 0 Å². The summed E-state index contributed by atoms with van der Waals surface area (Å²) >= 11 is 0. The highest BCUT2D eigenvalue weighted by atomic mass is 16.5. The quantitative estimate of drug-likeness (QED) is 0.345. The highest BCUT2D eigenvalue weighted by Crippen LogP contribution is 2.07. The molecule has 0 radical (unpaired) electrons. The van der Waals surface area contributed by atoms with E-state index in [4.69, 9.17) is 10.6 Å². The van der Waals surface area contributed by atoms with Crippen LogP contribution in [0.4, 0.5) is 0 Å². The van der Waals surface area contributed by atoms with Gasteiger partial charge in [-0.1, -0.05) is 13.0 Å². The molecule has 0 spiro atoms. The van der Waals surface area contributed by atoms with E-state index in [2.05, 4.69) is 18.9 Å². The summed E-state index contributed by atoms with van der Waals surface area (Å²) in [4.78, 5) is 0. The number of rotatable bonds is 7. The monoisotopic (exact) mass is 172 g/mol. The first-order chi connectivity index (χ1) is 5.79. The fraction of sp³-hybridized carbons (Fsp3) is 0.778. The number of hydrogen-bond acceptors (Lipinski definition) is 3. The molecule has 12 heavy (non-hydrogen) atoms. The van der Waals surface area contributed by atoms with E-state index in [1.54, 1.807) is 0 Å². The van der Waals surface area contributed by atoms with Crippen molar-refractivity contribution in [2.24, 2.45) is 5.84 Å². The molecule has 3 N–H and O–H groups in total. The molecule has 0 amide bonds. The standard InChI is InChI=1S/C9H20N2O/c1-4-7-8(11-10)9(5-2)12-6-3/h4,8-9,11H,1,5-7,10H2,2-3H3. The number of ether oxygens (including phenoxy) is 1. The van der Waals surface area contributed by atoms with Crippen LogP contribution < -0.4 is 11.3 Å². The maximum atomic E-state index is 5.51. The lowest BCUT2D eigenvalue weighted by Crippen LogP contribution is -2.44. The first kappa shape index (κ1) is 11.6. The van der Waals surface area contributed by atoms with Crippen molar-refractivity contribution in [2.75, 3.05) is 6.61 Å². The number of hydrazine groups is 1. The Bertz CT molecular complexity index is 117. The Hall–Kier alpha value is -0.380. The largest absolute Gasteiger partial charge is 0.377 e. The molecule has 0 bridgehead atoms. The van der Waals surface area contributed by atoms with Crippen LogP contribution in [0.5, 0.6) is 0 Å². The van der Waals surface area contributed by atoms with Gasteiger partial charge >= 0.3 is 0 Å². The smallest absolute Gasteiger partial charge is 0.0741 e. The molecule has 0 aromatic rings. The van der Waals surface area contributed by atoms with E-state index in [1.165, 1.54) is 0 Å². The molecule has 0 aromatic carbocycles. The molecule has 0 fully saturated rings. The van der Waals surface area contributed by atoms with Crippen LogP contribution in [0.2, 0.25) is 0 Å². The number of hydrogen-bond donors (Lipinski definition) is 2. The first-order valence-electron chi connectivity index (χ1n) is 4.48. The van der Waals surface area contributed by atoms with Crippen LogP contribution in [0.25, 0.3) is 0 Å². The van der Waals surface area contributed by atoms with Crippen LogP contribution >= 0.6 is 0 Å². The van der Waals surface area contributed by atoms with Gasteiger partial charge in [-0.25, -0.2) is 0 Å². The third-order valence-corrected chi connectivity index (χ3v) is 1.87. The zero-order valence-electron chi connectivity index (χ0n) is 8.05. The Morgan fingerprint density at radius 3 is 2.58 bits per heavy atom. The highest BCUT2D eigenvalue weighted by Gasteiger charge is 2.16. The Balaban J connectivity index is 3.92. The molecule has 0 aromatic heterocycles. The summed E-state index contributed by atoms with van der Waals surface area (Å²) in [6, 6.07) is 0.187. The van der Waals surface area contributed by atoms with Gasteiger partial charge in [-0.05, 0) is 19.8 Å². The summed E-state index contributed by atoms with van der Waals surface area (Å²) < 4.78 is 5.51. The van der Waals surface area contributed by atoms with Crippen molar-refractivity contribution in [3.8, 4) is 0 Å². The Morgan fingerprint density at radius 2 is 2.25 bits per heavy atom. The number of nitrogens with two attached hydrogens (primary N) is 1. The van der Waals surface area contributed by atoms with Crippen LogP contribution in [0.1, 0.15) is 26.7 Å². The third-order valence-electron chi connectivity index (χ3n) is 1.87. The first-order valence-corrected chi connectivity index (χ1v) is 4.48. The van der Waals surface area contributed by atoms with Gasteiger partial charge in [0.25, 0.3) is 0 Å². The molecular formula is C9H20N2O. The molecule has 0 aliphatic rings. The van der Waals surface area contributed by atoms with Crippen molar-refractivity contribution >= 4 is 0 Å². The van der Waals surface area contributed by atoms with E-state index in [1.807, 2.05) is 13.0 Å². The van der Waals surface area contributed by atoms with Gasteiger partial charge in [-0.15, -0.1) is 6.58 Å². The van der Waals surface area contributed by atoms with Gasteiger partial charge in [0, 0.05) is 6.61 Å². The zero-order chi connectivity index (χ0) is 9.40. The van der Waals surface area contributed by atoms with Gasteiger partial charge in [-0.2, -0.15) is 0 Å². The second-order valence-corrected chi connectivity index (χ2v) is 2.70. The van der Waals surface area contributed by atoms with E-state index in [-0.39, 0.29) is 12.1 Å². The van der Waals surface area contributed by atoms with E-state index in [0.717, 1.165) is 19.4 Å². The van der Waals surface area contributed by atoms with Crippen LogP contribution in [0, 0.1) is 0 Å². The molecule has 2 atom stereocenters. The van der Waals surface area contributed by atoms with E-state index in [0.29, 0.717) is 0 Å². The summed E-state index contributed by atoms with van der Waals surface area (Å²) in [6.07, 6.45) is 3.86. The van der Waals surface area contributed by atoms with Crippen LogP contribution in [0.15, 0.2) is 12.7 Å². The minimum Gasteiger partial charge on any atom is -0.377 e. The van der Waals surface area contributed by atoms with Crippen LogP contribution in [-0.4, -0.2) is 18.8 Å². The maximum Gasteiger partial charge on any atom is 0.0741 e. The molecule has 0 aliphatic carbocycles. The molecule has 2 unspecified atom stereocenters. The number of nitrogens with one attached hydrogen (secondary N) is 1. The SMILES string of the molecule is C=CCC(NN)C(CC)OCC. The fourth-order valence-corrected chi connectivity index (χ4v) is 1.24. The van der Waals surface area contributed by atoms with Crippen molar-refractivity contribution in [2.45, 2.75) is 38.8 Å². The molecule has 0 saturated heterocycles. The van der Waals surface area contributed by atoms with Crippen molar-refractivity contribution < 1.29 is 4.74 Å². The Labute approximate surface area is 74.9 Å². The average Bonchev–Trinajstić information content (AvgIpc) is 2.11. The highest BCUT2D eigenvalue weighted by molar-refractivity contribution is 4.82. The summed E-state index contributed by atoms with van der Waals surface area (Å²) in [5.74, 6) is 5.39. The molecule has 0 saturated carbocycles. The second kappa shape index (κ2) is 7.28. The molecule has 72 valence electrons. The second-order valence-electron chi connectivity index (χ2n) is 2.70. The van der Waals surface area contributed by atoms with Gasteiger partial charge in [0.15, 0.2) is 0 Å². The lowest BCUT2D eigenvalue weighted by atomic mass is 10.1. The zero-order valence-corrected chi connectivity index (χ0v) is 8.05. The van der Waals surface area contributed by atoms with Gasteiger partial charge in [-0.3, -0.25) is 11.3 Å². The molecule has 0 heterocycles. The van der Waals surface area contributed by atoms with Crippen LogP contribution in [-0.2, 0) is 4.74 Å². The van der Waals surface area contributed by atoms with Crippen LogP contribution in [0.3, 0.4) is 0 Å². The van der Waals surface area contributed by atoms with Gasteiger partial charge in [0.2, 0.25) is 0 Å². The van der Waals surface area contributed by atoms with E-state index in [9.17, 15) is 0 Å². The van der Waals surface area contributed by atoms with Crippen molar-refractivity contribution in [3.63, 3.8) is 0 Å². The molecule has 3 nitrogen and oxygen atoms in total. The lowest BCUT2D eigenvalue weighted by Gasteiger charge is -2.24. The van der Waals surface area contributed by atoms with E-state index >= 15 is 0 Å². The van der Waals surface area contributed by atoms with Gasteiger partial charge in [0.1, 0.15) is 0 Å². The third kappa shape index (κ3) is 3.85. The van der Waals surface area contributed by atoms with Crippen molar-refractivity contribution in [1.29, 1.82) is 0 Å². The fourth-order valence-electron chi connectivity index (χ4n) is 1.24.